The molecule has 1 aliphatic rings. The van der Waals surface area contributed by atoms with Crippen molar-refractivity contribution in [3.05, 3.63) is 23.9 Å². The molecule has 1 aliphatic heterocycles. The molecule has 104 valence electrons. The second-order valence-electron chi connectivity index (χ2n) is 4.69. The van der Waals surface area contributed by atoms with E-state index in [0.29, 0.717) is 5.56 Å². The van der Waals surface area contributed by atoms with Gasteiger partial charge < -0.3 is 15.8 Å². The minimum absolute atomic E-state index is 0.110. The van der Waals surface area contributed by atoms with Crippen molar-refractivity contribution < 1.29 is 5.21 Å². The van der Waals surface area contributed by atoms with Crippen molar-refractivity contribution in [3.8, 4) is 0 Å². The molecule has 0 spiro atoms. The van der Waals surface area contributed by atoms with Crippen LogP contribution >= 0.6 is 0 Å². The van der Waals surface area contributed by atoms with E-state index in [9.17, 15) is 0 Å². The third kappa shape index (κ3) is 3.14. The third-order valence-corrected chi connectivity index (χ3v) is 3.38. The molecular weight excluding hydrogens is 242 g/mol. The Bertz CT molecular complexity index is 440. The predicted molar refractivity (Wildman–Crippen MR) is 75.7 cm³/mol. The van der Waals surface area contributed by atoms with E-state index in [2.05, 4.69) is 26.9 Å². The Labute approximate surface area is 113 Å². The third-order valence-electron chi connectivity index (χ3n) is 3.38. The number of rotatable bonds is 4. The summed E-state index contributed by atoms with van der Waals surface area (Å²) in [5, 5.41) is 11.9. The first-order valence-electron chi connectivity index (χ1n) is 6.66. The lowest BCUT2D eigenvalue weighted by molar-refractivity contribution is 0.258. The van der Waals surface area contributed by atoms with Crippen LogP contribution in [0.4, 0.5) is 5.82 Å². The molecule has 1 fully saturated rings. The number of nitrogens with zero attached hydrogens (tertiary/aromatic N) is 4. The van der Waals surface area contributed by atoms with Crippen molar-refractivity contribution in [1.82, 2.24) is 9.88 Å². The second-order valence-corrected chi connectivity index (χ2v) is 4.69. The highest BCUT2D eigenvalue weighted by molar-refractivity contribution is 6.01. The zero-order chi connectivity index (χ0) is 13.7. The molecular formula is C13H21N5O. The lowest BCUT2D eigenvalue weighted by Crippen LogP contribution is -2.47. The van der Waals surface area contributed by atoms with Crippen LogP contribution in [-0.2, 0) is 0 Å². The summed E-state index contributed by atoms with van der Waals surface area (Å²) in [5.41, 5.74) is 6.39. The Morgan fingerprint density at radius 3 is 2.79 bits per heavy atom. The van der Waals surface area contributed by atoms with Crippen LogP contribution in [0.25, 0.3) is 0 Å². The molecule has 2 heterocycles. The van der Waals surface area contributed by atoms with Crippen molar-refractivity contribution >= 4 is 11.7 Å². The smallest absolute Gasteiger partial charge is 0.173 e. The van der Waals surface area contributed by atoms with Gasteiger partial charge in [-0.15, -0.1) is 0 Å². The molecule has 0 atom stereocenters. The van der Waals surface area contributed by atoms with Gasteiger partial charge in [0, 0.05) is 32.4 Å². The first-order chi connectivity index (χ1) is 9.26. The highest BCUT2D eigenvalue weighted by Gasteiger charge is 2.20. The van der Waals surface area contributed by atoms with Crippen molar-refractivity contribution in [2.75, 3.05) is 37.6 Å². The number of aromatic nitrogens is 1. The largest absolute Gasteiger partial charge is 0.409 e. The fourth-order valence-corrected chi connectivity index (χ4v) is 2.40. The monoisotopic (exact) mass is 263 g/mol. The van der Waals surface area contributed by atoms with Gasteiger partial charge >= 0.3 is 0 Å². The van der Waals surface area contributed by atoms with Gasteiger partial charge in [-0.3, -0.25) is 4.90 Å². The summed E-state index contributed by atoms with van der Waals surface area (Å²) in [7, 11) is 0. The fourth-order valence-electron chi connectivity index (χ4n) is 2.40. The van der Waals surface area contributed by atoms with Gasteiger partial charge in [-0.1, -0.05) is 12.1 Å². The van der Waals surface area contributed by atoms with Crippen molar-refractivity contribution in [1.29, 1.82) is 0 Å². The van der Waals surface area contributed by atoms with Crippen LogP contribution in [-0.4, -0.2) is 53.7 Å². The molecule has 0 aliphatic carbocycles. The Balaban J connectivity index is 2.11. The maximum atomic E-state index is 8.83. The zero-order valence-electron chi connectivity index (χ0n) is 11.3. The lowest BCUT2D eigenvalue weighted by Gasteiger charge is -2.35. The van der Waals surface area contributed by atoms with Crippen molar-refractivity contribution in [3.63, 3.8) is 0 Å². The van der Waals surface area contributed by atoms with Crippen molar-refractivity contribution in [2.45, 2.75) is 13.3 Å². The minimum atomic E-state index is 0.110. The van der Waals surface area contributed by atoms with Gasteiger partial charge in [-0.05, 0) is 25.1 Å². The van der Waals surface area contributed by atoms with Crippen LogP contribution in [0.3, 0.4) is 0 Å². The molecule has 0 saturated carbocycles. The van der Waals surface area contributed by atoms with Gasteiger partial charge in [0.1, 0.15) is 5.82 Å². The summed E-state index contributed by atoms with van der Waals surface area (Å²) < 4.78 is 0. The minimum Gasteiger partial charge on any atom is -0.409 e. The number of amidine groups is 1. The van der Waals surface area contributed by atoms with Crippen LogP contribution in [0.15, 0.2) is 23.5 Å². The first-order valence-corrected chi connectivity index (χ1v) is 6.66. The van der Waals surface area contributed by atoms with Gasteiger partial charge in [-0.25, -0.2) is 4.98 Å². The summed E-state index contributed by atoms with van der Waals surface area (Å²) in [5.74, 6) is 0.910. The van der Waals surface area contributed by atoms with E-state index in [-0.39, 0.29) is 5.84 Å². The molecule has 6 nitrogen and oxygen atoms in total. The number of pyridine rings is 1. The summed E-state index contributed by atoms with van der Waals surface area (Å²) in [6.45, 7) is 7.23. The molecule has 19 heavy (non-hydrogen) atoms. The zero-order valence-corrected chi connectivity index (χ0v) is 11.3. The highest BCUT2D eigenvalue weighted by atomic mass is 16.4. The maximum Gasteiger partial charge on any atom is 0.173 e. The molecule has 0 unspecified atom stereocenters. The highest BCUT2D eigenvalue weighted by Crippen LogP contribution is 2.18. The number of hydrogen-bond donors (Lipinski definition) is 2. The van der Waals surface area contributed by atoms with Gasteiger partial charge in [-0.2, -0.15) is 0 Å². The van der Waals surface area contributed by atoms with Crippen LogP contribution in [0, 0.1) is 0 Å². The Hall–Kier alpha value is -1.82. The topological polar surface area (TPSA) is 78.0 Å². The Kier molecular flexibility index (Phi) is 4.57. The predicted octanol–water partition coefficient (Wildman–Crippen LogP) is 0.708. The molecule has 6 heteroatoms. The van der Waals surface area contributed by atoms with Crippen LogP contribution in [0.1, 0.15) is 18.9 Å². The normalized spacial score (nSPS) is 17.7. The summed E-state index contributed by atoms with van der Waals surface area (Å²) >= 11 is 0. The molecule has 1 aromatic rings. The van der Waals surface area contributed by atoms with E-state index >= 15 is 0 Å². The number of nitrogens with two attached hydrogens (primary N) is 1. The van der Waals surface area contributed by atoms with E-state index in [1.54, 1.807) is 12.3 Å². The van der Waals surface area contributed by atoms with Crippen LogP contribution < -0.4 is 10.6 Å². The summed E-state index contributed by atoms with van der Waals surface area (Å²) in [6.07, 6.45) is 2.92. The van der Waals surface area contributed by atoms with Crippen LogP contribution in [0.5, 0.6) is 0 Å². The molecule has 1 saturated heterocycles. The molecule has 2 rings (SSSR count). The maximum absolute atomic E-state index is 8.83. The number of hydrogen-bond acceptors (Lipinski definition) is 5. The molecule has 0 bridgehead atoms. The Morgan fingerprint density at radius 1 is 1.42 bits per heavy atom. The SMILES string of the molecule is CCCN1CCN(c2ncccc2C(N)=NO)CC1. The van der Waals surface area contributed by atoms with Crippen LogP contribution in [0.2, 0.25) is 0 Å². The molecule has 0 aromatic carbocycles. The van der Waals surface area contributed by atoms with Gasteiger partial charge in [0.2, 0.25) is 0 Å². The van der Waals surface area contributed by atoms with E-state index < -0.39 is 0 Å². The summed E-state index contributed by atoms with van der Waals surface area (Å²) in [6, 6.07) is 3.63. The van der Waals surface area contributed by atoms with E-state index in [1.807, 2.05) is 6.07 Å². The standard InChI is InChI=1S/C13H21N5O/c1-2-6-17-7-9-18(10-8-17)13-11(12(14)16-19)4-3-5-15-13/h3-5,19H,2,6-10H2,1H3,(H2,14,16). The molecule has 0 amide bonds. The lowest BCUT2D eigenvalue weighted by atomic mass is 10.2. The Morgan fingerprint density at radius 2 is 2.16 bits per heavy atom. The second kappa shape index (κ2) is 6.38. The number of piperazine rings is 1. The average Bonchev–Trinajstić information content (AvgIpc) is 2.47. The quantitative estimate of drug-likeness (QED) is 0.362. The molecule has 1 aromatic heterocycles. The fraction of sp³-hybridized carbons (Fsp3) is 0.538. The number of oxime groups is 1. The van der Waals surface area contributed by atoms with Gasteiger partial charge in [0.15, 0.2) is 5.84 Å². The summed E-state index contributed by atoms with van der Waals surface area (Å²) in [4.78, 5) is 9.02. The van der Waals surface area contributed by atoms with E-state index in [0.717, 1.165) is 38.5 Å². The number of anilines is 1. The average molecular weight is 263 g/mol. The van der Waals surface area contributed by atoms with E-state index in [1.165, 1.54) is 6.42 Å². The molecule has 3 N–H and O–H groups in total. The van der Waals surface area contributed by atoms with Gasteiger partial charge in [0.25, 0.3) is 0 Å². The van der Waals surface area contributed by atoms with Gasteiger partial charge in [0.05, 0.1) is 5.56 Å². The first kappa shape index (κ1) is 13.6. The van der Waals surface area contributed by atoms with Crippen molar-refractivity contribution in [2.24, 2.45) is 10.9 Å². The van der Waals surface area contributed by atoms with E-state index in [4.69, 9.17) is 10.9 Å². The molecule has 0 radical (unpaired) electrons.